The summed E-state index contributed by atoms with van der Waals surface area (Å²) >= 11 is 3.36. The van der Waals surface area contributed by atoms with Gasteiger partial charge in [0.1, 0.15) is 6.17 Å². The monoisotopic (exact) mass is 285 g/mol. The van der Waals surface area contributed by atoms with Crippen LogP contribution < -0.4 is 0 Å². The molecule has 1 fully saturated rings. The maximum atomic E-state index is 14.0. The first-order chi connectivity index (χ1) is 7.75. The van der Waals surface area contributed by atoms with E-state index in [9.17, 15) is 4.39 Å². The third-order valence-corrected chi connectivity index (χ3v) is 3.63. The number of piperidine rings is 1. The third kappa shape index (κ3) is 3.29. The Morgan fingerprint density at radius 1 is 1.12 bits per heavy atom. The fourth-order valence-corrected chi connectivity index (χ4v) is 2.41. The molecule has 1 aliphatic rings. The van der Waals surface area contributed by atoms with Crippen molar-refractivity contribution in [3.8, 4) is 0 Å². The van der Waals surface area contributed by atoms with Gasteiger partial charge in [-0.05, 0) is 43.6 Å². The van der Waals surface area contributed by atoms with Crippen molar-refractivity contribution >= 4 is 15.9 Å². The lowest BCUT2D eigenvalue weighted by molar-refractivity contribution is 0.167. The van der Waals surface area contributed by atoms with Crippen LogP contribution in [0.1, 0.15) is 31.0 Å². The van der Waals surface area contributed by atoms with Gasteiger partial charge in [0.25, 0.3) is 0 Å². The molecule has 1 unspecified atom stereocenters. The van der Waals surface area contributed by atoms with Crippen molar-refractivity contribution in [1.29, 1.82) is 0 Å². The van der Waals surface area contributed by atoms with Gasteiger partial charge in [0.05, 0.1) is 0 Å². The van der Waals surface area contributed by atoms with Gasteiger partial charge < -0.3 is 4.90 Å². The highest BCUT2D eigenvalue weighted by atomic mass is 79.9. The van der Waals surface area contributed by atoms with E-state index in [1.54, 1.807) is 0 Å². The van der Waals surface area contributed by atoms with Crippen LogP contribution in [0.3, 0.4) is 0 Å². The molecule has 1 heterocycles. The van der Waals surface area contributed by atoms with Crippen molar-refractivity contribution in [3.63, 3.8) is 0 Å². The number of likely N-dealkylation sites (tertiary alicyclic amines) is 1. The molecule has 0 saturated carbocycles. The lowest BCUT2D eigenvalue weighted by Gasteiger charge is -2.27. The molecule has 0 radical (unpaired) electrons. The molecule has 0 amide bonds. The Labute approximate surface area is 105 Å². The van der Waals surface area contributed by atoms with Crippen LogP contribution in [0.25, 0.3) is 0 Å². The average molecular weight is 286 g/mol. The van der Waals surface area contributed by atoms with E-state index >= 15 is 0 Å². The summed E-state index contributed by atoms with van der Waals surface area (Å²) in [5.41, 5.74) is 0.786. The molecule has 1 aliphatic heterocycles. The molecule has 16 heavy (non-hydrogen) atoms. The predicted molar refractivity (Wildman–Crippen MR) is 68.3 cm³/mol. The van der Waals surface area contributed by atoms with Crippen LogP contribution in [0.5, 0.6) is 0 Å². The molecule has 88 valence electrons. The van der Waals surface area contributed by atoms with E-state index < -0.39 is 6.17 Å². The Kier molecular flexibility index (Phi) is 4.36. The summed E-state index contributed by atoms with van der Waals surface area (Å²) in [5.74, 6) is 0. The number of alkyl halides is 1. The third-order valence-electron chi connectivity index (χ3n) is 3.10. The summed E-state index contributed by atoms with van der Waals surface area (Å²) in [7, 11) is 0. The lowest BCUT2D eigenvalue weighted by atomic mass is 10.1. The zero-order chi connectivity index (χ0) is 11.4. The van der Waals surface area contributed by atoms with Crippen molar-refractivity contribution in [2.75, 3.05) is 19.6 Å². The summed E-state index contributed by atoms with van der Waals surface area (Å²) in [6.45, 7) is 2.65. The molecule has 0 spiro atoms. The van der Waals surface area contributed by atoms with Gasteiger partial charge in [-0.1, -0.05) is 34.5 Å². The van der Waals surface area contributed by atoms with E-state index in [0.717, 1.165) is 23.1 Å². The van der Waals surface area contributed by atoms with Gasteiger partial charge >= 0.3 is 0 Å². The molecule has 2 rings (SSSR count). The van der Waals surface area contributed by atoms with Gasteiger partial charge in [-0.25, -0.2) is 4.39 Å². The standard InChI is InChI=1S/C13H17BrFN/c14-12-6-4-11(5-7-12)13(15)10-16-8-2-1-3-9-16/h4-7,13H,1-3,8-10H2. The van der Waals surface area contributed by atoms with Crippen LogP contribution in [-0.4, -0.2) is 24.5 Å². The van der Waals surface area contributed by atoms with Crippen LogP contribution in [0.4, 0.5) is 4.39 Å². The first kappa shape index (κ1) is 12.1. The van der Waals surface area contributed by atoms with Crippen molar-refractivity contribution in [3.05, 3.63) is 34.3 Å². The quantitative estimate of drug-likeness (QED) is 0.813. The molecule has 1 aromatic rings. The molecule has 1 aromatic carbocycles. The Hall–Kier alpha value is -0.410. The maximum absolute atomic E-state index is 14.0. The Morgan fingerprint density at radius 2 is 1.75 bits per heavy atom. The fraction of sp³-hybridized carbons (Fsp3) is 0.538. The number of hydrogen-bond acceptors (Lipinski definition) is 1. The Bertz CT molecular complexity index is 319. The van der Waals surface area contributed by atoms with Crippen LogP contribution in [0.15, 0.2) is 28.7 Å². The van der Waals surface area contributed by atoms with Crippen LogP contribution in [0, 0.1) is 0 Å². The van der Waals surface area contributed by atoms with Crippen molar-refractivity contribution in [1.82, 2.24) is 4.90 Å². The van der Waals surface area contributed by atoms with Gasteiger partial charge in [-0.15, -0.1) is 0 Å². The zero-order valence-corrected chi connectivity index (χ0v) is 10.9. The second-order valence-corrected chi connectivity index (χ2v) is 5.30. The molecular formula is C13H17BrFN. The van der Waals surface area contributed by atoms with Crippen molar-refractivity contribution in [2.24, 2.45) is 0 Å². The molecular weight excluding hydrogens is 269 g/mol. The second-order valence-electron chi connectivity index (χ2n) is 4.38. The predicted octanol–water partition coefficient (Wildman–Crippen LogP) is 3.95. The summed E-state index contributed by atoms with van der Waals surface area (Å²) in [6, 6.07) is 7.52. The molecule has 1 atom stereocenters. The molecule has 3 heteroatoms. The lowest BCUT2D eigenvalue weighted by Crippen LogP contribution is -2.32. The summed E-state index contributed by atoms with van der Waals surface area (Å²) in [6.07, 6.45) is 2.87. The summed E-state index contributed by atoms with van der Waals surface area (Å²) < 4.78 is 15.0. The minimum Gasteiger partial charge on any atom is -0.300 e. The molecule has 0 N–H and O–H groups in total. The Balaban J connectivity index is 1.91. The number of benzene rings is 1. The van der Waals surface area contributed by atoms with Crippen LogP contribution in [0.2, 0.25) is 0 Å². The van der Waals surface area contributed by atoms with Gasteiger partial charge in [-0.2, -0.15) is 0 Å². The highest BCUT2D eigenvalue weighted by Gasteiger charge is 2.16. The molecule has 0 aliphatic carbocycles. The second kappa shape index (κ2) is 5.78. The first-order valence-electron chi connectivity index (χ1n) is 5.87. The molecule has 0 bridgehead atoms. The van der Waals surface area contributed by atoms with E-state index in [2.05, 4.69) is 20.8 Å². The van der Waals surface area contributed by atoms with Gasteiger partial charge in [0.2, 0.25) is 0 Å². The minimum atomic E-state index is -0.855. The van der Waals surface area contributed by atoms with Crippen LogP contribution >= 0.6 is 15.9 Å². The molecule has 1 nitrogen and oxygen atoms in total. The Morgan fingerprint density at radius 3 is 2.38 bits per heavy atom. The number of halogens is 2. The first-order valence-corrected chi connectivity index (χ1v) is 6.67. The number of hydrogen-bond donors (Lipinski definition) is 0. The molecule has 0 aromatic heterocycles. The van der Waals surface area contributed by atoms with E-state index in [-0.39, 0.29) is 0 Å². The highest BCUT2D eigenvalue weighted by molar-refractivity contribution is 9.10. The average Bonchev–Trinajstić information content (AvgIpc) is 2.31. The fourth-order valence-electron chi connectivity index (χ4n) is 2.15. The largest absolute Gasteiger partial charge is 0.300 e. The minimum absolute atomic E-state index is 0.543. The molecule has 1 saturated heterocycles. The van der Waals surface area contributed by atoms with E-state index in [1.165, 1.54) is 19.3 Å². The smallest absolute Gasteiger partial charge is 0.138 e. The maximum Gasteiger partial charge on any atom is 0.138 e. The van der Waals surface area contributed by atoms with Gasteiger partial charge in [-0.3, -0.25) is 0 Å². The van der Waals surface area contributed by atoms with Gasteiger partial charge in [0.15, 0.2) is 0 Å². The highest BCUT2D eigenvalue weighted by Crippen LogP contribution is 2.22. The van der Waals surface area contributed by atoms with E-state index in [4.69, 9.17) is 0 Å². The van der Waals surface area contributed by atoms with Crippen molar-refractivity contribution < 1.29 is 4.39 Å². The SMILES string of the molecule is FC(CN1CCCCC1)c1ccc(Br)cc1. The number of nitrogens with zero attached hydrogens (tertiary/aromatic N) is 1. The topological polar surface area (TPSA) is 3.24 Å². The van der Waals surface area contributed by atoms with E-state index in [0.29, 0.717) is 6.54 Å². The summed E-state index contributed by atoms with van der Waals surface area (Å²) in [4.78, 5) is 2.23. The summed E-state index contributed by atoms with van der Waals surface area (Å²) in [5, 5.41) is 0. The zero-order valence-electron chi connectivity index (χ0n) is 9.33. The van der Waals surface area contributed by atoms with Crippen molar-refractivity contribution in [2.45, 2.75) is 25.4 Å². The normalized spacial score (nSPS) is 19.6. The number of rotatable bonds is 3. The van der Waals surface area contributed by atoms with Gasteiger partial charge in [0, 0.05) is 11.0 Å². The van der Waals surface area contributed by atoms with E-state index in [1.807, 2.05) is 24.3 Å². The van der Waals surface area contributed by atoms with Crippen LogP contribution in [-0.2, 0) is 0 Å².